The van der Waals surface area contributed by atoms with Gasteiger partial charge in [-0.05, 0) is 43.5 Å². The fraction of sp³-hybridized carbons (Fsp3) is 0.533. The second kappa shape index (κ2) is 6.79. The Kier molecular flexibility index (Phi) is 5.06. The van der Waals surface area contributed by atoms with Crippen LogP contribution < -0.4 is 0 Å². The van der Waals surface area contributed by atoms with Crippen LogP contribution in [-0.2, 0) is 11.3 Å². The van der Waals surface area contributed by atoms with Gasteiger partial charge < -0.3 is 5.11 Å². The molecule has 3 nitrogen and oxygen atoms in total. The van der Waals surface area contributed by atoms with Crippen LogP contribution in [0.4, 0.5) is 8.78 Å². The van der Waals surface area contributed by atoms with Crippen molar-refractivity contribution < 1.29 is 18.7 Å². The van der Waals surface area contributed by atoms with Crippen LogP contribution in [0.1, 0.15) is 37.7 Å². The highest BCUT2D eigenvalue weighted by atomic mass is 19.1. The third kappa shape index (κ3) is 4.27. The van der Waals surface area contributed by atoms with Crippen LogP contribution in [0.3, 0.4) is 0 Å². The van der Waals surface area contributed by atoms with Gasteiger partial charge in [-0.3, -0.25) is 9.69 Å². The van der Waals surface area contributed by atoms with Crippen molar-refractivity contribution in [2.24, 2.45) is 0 Å². The summed E-state index contributed by atoms with van der Waals surface area (Å²) in [6, 6.07) is 3.73. The summed E-state index contributed by atoms with van der Waals surface area (Å²) in [6.07, 6.45) is 3.80. The molecule has 5 heteroatoms. The molecule has 1 aromatic rings. The summed E-state index contributed by atoms with van der Waals surface area (Å²) in [5.41, 5.74) is 0.602. The number of hydrogen-bond acceptors (Lipinski definition) is 2. The molecule has 1 fully saturated rings. The smallest absolute Gasteiger partial charge is 0.303 e. The molecule has 110 valence electrons. The van der Waals surface area contributed by atoms with Crippen molar-refractivity contribution in [1.29, 1.82) is 0 Å². The number of nitrogens with zero attached hydrogens (tertiary/aromatic N) is 1. The normalized spacial score (nSPS) is 20.0. The molecule has 0 spiro atoms. The van der Waals surface area contributed by atoms with Crippen molar-refractivity contribution in [3.05, 3.63) is 35.4 Å². The van der Waals surface area contributed by atoms with Crippen molar-refractivity contribution in [2.45, 2.75) is 44.7 Å². The Morgan fingerprint density at radius 2 is 1.95 bits per heavy atom. The predicted octanol–water partition coefficient (Wildman–Crippen LogP) is 3.18. The molecule has 20 heavy (non-hydrogen) atoms. The molecular formula is C15H19F2NO2. The molecule has 2 rings (SSSR count). The van der Waals surface area contributed by atoms with Gasteiger partial charge in [0.2, 0.25) is 0 Å². The van der Waals surface area contributed by atoms with E-state index in [0.29, 0.717) is 18.5 Å². The number of aliphatic carboxylic acids is 1. The number of halogens is 2. The van der Waals surface area contributed by atoms with E-state index in [4.69, 9.17) is 5.11 Å². The zero-order valence-electron chi connectivity index (χ0n) is 11.3. The first-order valence-corrected chi connectivity index (χ1v) is 6.95. The molecule has 1 aromatic carbocycles. The number of hydrogen-bond donors (Lipinski definition) is 1. The zero-order chi connectivity index (χ0) is 14.5. The van der Waals surface area contributed by atoms with Crippen LogP contribution in [0.15, 0.2) is 18.2 Å². The minimum Gasteiger partial charge on any atom is -0.481 e. The molecule has 1 heterocycles. The second-order valence-corrected chi connectivity index (χ2v) is 5.33. The number of rotatable bonds is 5. The lowest BCUT2D eigenvalue weighted by molar-refractivity contribution is -0.137. The lowest BCUT2D eigenvalue weighted by Gasteiger charge is -2.35. The molecule has 0 aliphatic carbocycles. The number of carboxylic acid groups (broad SMARTS) is 1. The summed E-state index contributed by atoms with van der Waals surface area (Å²) >= 11 is 0. The molecule has 0 saturated carbocycles. The van der Waals surface area contributed by atoms with E-state index in [9.17, 15) is 13.6 Å². The van der Waals surface area contributed by atoms with Gasteiger partial charge in [-0.15, -0.1) is 0 Å². The van der Waals surface area contributed by atoms with Gasteiger partial charge in [-0.2, -0.15) is 0 Å². The zero-order valence-corrected chi connectivity index (χ0v) is 11.3. The molecule has 0 aromatic heterocycles. The Bertz CT molecular complexity index is 459. The van der Waals surface area contributed by atoms with Gasteiger partial charge in [-0.25, -0.2) is 8.78 Å². The Morgan fingerprint density at radius 1 is 1.25 bits per heavy atom. The van der Waals surface area contributed by atoms with Crippen molar-refractivity contribution in [1.82, 2.24) is 4.90 Å². The van der Waals surface area contributed by atoms with Crippen molar-refractivity contribution in [3.8, 4) is 0 Å². The van der Waals surface area contributed by atoms with Crippen molar-refractivity contribution >= 4 is 5.97 Å². The van der Waals surface area contributed by atoms with Gasteiger partial charge in [0.25, 0.3) is 0 Å². The maximum atomic E-state index is 13.2. The fourth-order valence-corrected chi connectivity index (χ4v) is 2.82. The molecule has 0 amide bonds. The highest BCUT2D eigenvalue weighted by Crippen LogP contribution is 2.23. The van der Waals surface area contributed by atoms with E-state index in [1.807, 2.05) is 0 Å². The Labute approximate surface area is 117 Å². The molecule has 1 saturated heterocycles. The number of benzene rings is 1. The number of likely N-dealkylation sites (tertiary alicyclic amines) is 1. The minimum atomic E-state index is -0.799. The first-order valence-electron chi connectivity index (χ1n) is 6.95. The third-order valence-corrected chi connectivity index (χ3v) is 3.75. The SMILES string of the molecule is O=C(O)CCC1CCCCN1Cc1cc(F)cc(F)c1. The average Bonchev–Trinajstić information content (AvgIpc) is 2.36. The van der Waals surface area contributed by atoms with E-state index >= 15 is 0 Å². The van der Waals surface area contributed by atoms with E-state index in [1.54, 1.807) is 0 Å². The van der Waals surface area contributed by atoms with E-state index < -0.39 is 17.6 Å². The van der Waals surface area contributed by atoms with E-state index in [1.165, 1.54) is 12.1 Å². The molecular weight excluding hydrogens is 264 g/mol. The average molecular weight is 283 g/mol. The molecule has 1 aliphatic heterocycles. The maximum absolute atomic E-state index is 13.2. The summed E-state index contributed by atoms with van der Waals surface area (Å²) in [4.78, 5) is 12.8. The van der Waals surface area contributed by atoms with Gasteiger partial charge in [0.05, 0.1) is 0 Å². The van der Waals surface area contributed by atoms with Crippen molar-refractivity contribution in [2.75, 3.05) is 6.54 Å². The monoisotopic (exact) mass is 283 g/mol. The molecule has 1 aliphatic rings. The quantitative estimate of drug-likeness (QED) is 0.902. The molecule has 1 unspecified atom stereocenters. The molecule has 0 bridgehead atoms. The van der Waals surface area contributed by atoms with E-state index in [2.05, 4.69) is 4.90 Å². The third-order valence-electron chi connectivity index (χ3n) is 3.75. The van der Waals surface area contributed by atoms with Gasteiger partial charge in [0.1, 0.15) is 11.6 Å². The molecule has 1 atom stereocenters. The van der Waals surface area contributed by atoms with Crippen LogP contribution in [0.5, 0.6) is 0 Å². The minimum absolute atomic E-state index is 0.138. The molecule has 1 N–H and O–H groups in total. The fourth-order valence-electron chi connectivity index (χ4n) is 2.82. The van der Waals surface area contributed by atoms with Gasteiger partial charge in [0, 0.05) is 25.1 Å². The lowest BCUT2D eigenvalue weighted by atomic mass is 9.97. The maximum Gasteiger partial charge on any atom is 0.303 e. The van der Waals surface area contributed by atoms with Crippen LogP contribution in [0.25, 0.3) is 0 Å². The highest BCUT2D eigenvalue weighted by Gasteiger charge is 2.23. The second-order valence-electron chi connectivity index (χ2n) is 5.33. The first kappa shape index (κ1) is 14.9. The number of piperidine rings is 1. The lowest BCUT2D eigenvalue weighted by Crippen LogP contribution is -2.39. The van der Waals surface area contributed by atoms with E-state index in [-0.39, 0.29) is 12.5 Å². The highest BCUT2D eigenvalue weighted by molar-refractivity contribution is 5.66. The largest absolute Gasteiger partial charge is 0.481 e. The van der Waals surface area contributed by atoms with E-state index in [0.717, 1.165) is 31.9 Å². The Hall–Kier alpha value is -1.49. The topological polar surface area (TPSA) is 40.5 Å². The van der Waals surface area contributed by atoms with Crippen LogP contribution >= 0.6 is 0 Å². The summed E-state index contributed by atoms with van der Waals surface area (Å²) in [7, 11) is 0. The Morgan fingerprint density at radius 3 is 2.60 bits per heavy atom. The predicted molar refractivity (Wildman–Crippen MR) is 71.3 cm³/mol. The van der Waals surface area contributed by atoms with Gasteiger partial charge >= 0.3 is 5.97 Å². The van der Waals surface area contributed by atoms with Crippen LogP contribution in [0, 0.1) is 11.6 Å². The summed E-state index contributed by atoms with van der Waals surface area (Å²) in [6.45, 7) is 1.32. The summed E-state index contributed by atoms with van der Waals surface area (Å²) < 4.78 is 26.4. The van der Waals surface area contributed by atoms with Gasteiger partial charge in [0.15, 0.2) is 0 Å². The van der Waals surface area contributed by atoms with Crippen LogP contribution in [0.2, 0.25) is 0 Å². The number of carbonyl (C=O) groups is 1. The summed E-state index contributed by atoms with van der Waals surface area (Å²) in [5, 5.41) is 8.78. The standard InChI is InChI=1S/C15H19F2NO2/c16-12-7-11(8-13(17)9-12)10-18-6-2-1-3-14(18)4-5-15(19)20/h7-9,14H,1-6,10H2,(H,19,20). The Balaban J connectivity index is 2.02. The van der Waals surface area contributed by atoms with Gasteiger partial charge in [-0.1, -0.05) is 6.42 Å². The first-order chi connectivity index (χ1) is 9.54. The number of carboxylic acids is 1. The van der Waals surface area contributed by atoms with Crippen molar-refractivity contribution in [3.63, 3.8) is 0 Å². The molecule has 0 radical (unpaired) electrons. The van der Waals surface area contributed by atoms with Crippen LogP contribution in [-0.4, -0.2) is 28.6 Å². The summed E-state index contributed by atoms with van der Waals surface area (Å²) in [5.74, 6) is -1.94.